The van der Waals surface area contributed by atoms with Gasteiger partial charge in [0.25, 0.3) is 0 Å². The van der Waals surface area contributed by atoms with Gasteiger partial charge in [0.05, 0.1) is 11.8 Å². The van der Waals surface area contributed by atoms with Gasteiger partial charge in [-0.1, -0.05) is 26.0 Å². The van der Waals surface area contributed by atoms with Crippen LogP contribution in [0.3, 0.4) is 0 Å². The molecule has 7 heteroatoms. The molecule has 0 saturated heterocycles. The molecule has 1 aromatic carbocycles. The Bertz CT molecular complexity index is 684. The first-order valence-electron chi connectivity index (χ1n) is 7.82. The van der Waals surface area contributed by atoms with Crippen LogP contribution in [0, 0.1) is 5.92 Å². The monoisotopic (exact) mass is 339 g/mol. The second-order valence-corrected chi connectivity index (χ2v) is 8.08. The summed E-state index contributed by atoms with van der Waals surface area (Å²) in [4.78, 5) is 4.30. The maximum Gasteiger partial charge on any atom is 0.215 e. The molecule has 0 aromatic heterocycles. The van der Waals surface area contributed by atoms with Crippen molar-refractivity contribution in [3.8, 4) is 5.75 Å². The van der Waals surface area contributed by atoms with E-state index in [-0.39, 0.29) is 0 Å². The number of nitrogens with two attached hydrogens (primary N) is 1. The number of hydrogen-bond donors (Lipinski definition) is 2. The summed E-state index contributed by atoms with van der Waals surface area (Å²) >= 11 is 0. The van der Waals surface area contributed by atoms with Gasteiger partial charge in [-0.25, -0.2) is 13.6 Å². The molecular formula is C16H25N3O3S. The first kappa shape index (κ1) is 17.7. The van der Waals surface area contributed by atoms with Crippen molar-refractivity contribution in [1.82, 2.24) is 5.32 Å². The van der Waals surface area contributed by atoms with Crippen LogP contribution in [0.1, 0.15) is 37.1 Å². The third-order valence-corrected chi connectivity index (χ3v) is 5.06. The molecule has 0 amide bonds. The molecular weight excluding hydrogens is 314 g/mol. The number of sulfonamides is 1. The van der Waals surface area contributed by atoms with Gasteiger partial charge in [-0.3, -0.25) is 4.99 Å². The van der Waals surface area contributed by atoms with Crippen LogP contribution in [0.4, 0.5) is 0 Å². The van der Waals surface area contributed by atoms with Gasteiger partial charge >= 0.3 is 0 Å². The predicted octanol–water partition coefficient (Wildman–Crippen LogP) is 1.62. The van der Waals surface area contributed by atoms with E-state index in [1.54, 1.807) is 13.0 Å². The summed E-state index contributed by atoms with van der Waals surface area (Å²) in [5, 5.41) is 7.73. The van der Waals surface area contributed by atoms with E-state index in [2.05, 4.69) is 24.2 Å². The van der Waals surface area contributed by atoms with Crippen LogP contribution in [-0.2, 0) is 16.4 Å². The zero-order valence-corrected chi connectivity index (χ0v) is 14.7. The quantitative estimate of drug-likeness (QED) is 0.789. The normalized spacial score (nSPS) is 16.1. The molecule has 3 N–H and O–H groups in total. The van der Waals surface area contributed by atoms with Crippen molar-refractivity contribution in [3.63, 3.8) is 0 Å². The number of hydrogen-bond acceptors (Lipinski definition) is 5. The predicted molar refractivity (Wildman–Crippen MR) is 92.3 cm³/mol. The molecule has 1 unspecified atom stereocenters. The lowest BCUT2D eigenvalue weighted by Crippen LogP contribution is -2.25. The molecule has 1 aliphatic heterocycles. The first-order chi connectivity index (χ1) is 10.8. The van der Waals surface area contributed by atoms with Crippen molar-refractivity contribution in [1.29, 1.82) is 0 Å². The lowest BCUT2D eigenvalue weighted by Gasteiger charge is -2.20. The second-order valence-electron chi connectivity index (χ2n) is 6.20. The maximum atomic E-state index is 11.8. The molecule has 0 spiro atoms. The van der Waals surface area contributed by atoms with E-state index in [0.29, 0.717) is 23.8 Å². The van der Waals surface area contributed by atoms with E-state index >= 15 is 0 Å². The number of ether oxygens (including phenoxy) is 1. The Labute approximate surface area is 138 Å². The van der Waals surface area contributed by atoms with Crippen molar-refractivity contribution in [3.05, 3.63) is 29.3 Å². The van der Waals surface area contributed by atoms with Crippen LogP contribution in [0.15, 0.2) is 23.2 Å². The van der Waals surface area contributed by atoms with Crippen LogP contribution in [-0.4, -0.2) is 33.9 Å². The van der Waals surface area contributed by atoms with Crippen molar-refractivity contribution in [2.75, 3.05) is 19.7 Å². The summed E-state index contributed by atoms with van der Waals surface area (Å²) in [6.07, 6.45) is 0.727. The Morgan fingerprint density at radius 3 is 2.65 bits per heavy atom. The average molecular weight is 339 g/mol. The van der Waals surface area contributed by atoms with Crippen LogP contribution in [0.2, 0.25) is 0 Å². The minimum atomic E-state index is -3.65. The summed E-state index contributed by atoms with van der Waals surface area (Å²) in [6.45, 7) is 7.74. The number of nitrogens with zero attached hydrogens (tertiary/aromatic N) is 1. The first-order valence-corrected chi connectivity index (χ1v) is 9.43. The van der Waals surface area contributed by atoms with Gasteiger partial charge in [0.2, 0.25) is 10.0 Å². The molecule has 0 fully saturated rings. The summed E-state index contributed by atoms with van der Waals surface area (Å²) in [7, 11) is -3.65. The molecule has 6 nitrogen and oxygen atoms in total. The molecule has 2 rings (SSSR count). The third-order valence-electron chi connectivity index (χ3n) is 3.82. The second kappa shape index (κ2) is 7.31. The Balaban J connectivity index is 2.32. The van der Waals surface area contributed by atoms with Crippen molar-refractivity contribution >= 4 is 15.9 Å². The fourth-order valence-corrected chi connectivity index (χ4v) is 3.17. The Kier molecular flexibility index (Phi) is 5.64. The molecule has 1 heterocycles. The standard InChI is InChI=1S/C16H25N3O3S/c1-11(2)9-14-13(12(3)23(17,20)21)5-4-6-15(14)22-10-16-18-7-8-19-16/h4-6,11-12H,7-10H2,1-3H3,(H,18,19)(H2,17,20,21). The SMILES string of the molecule is CC(C)Cc1c(OCC2=NCCN2)cccc1C(C)S(N)(=O)=O. The van der Waals surface area contributed by atoms with Crippen molar-refractivity contribution in [2.24, 2.45) is 16.0 Å². The summed E-state index contributed by atoms with van der Waals surface area (Å²) < 4.78 is 29.4. The molecule has 1 atom stereocenters. The number of nitrogens with one attached hydrogen (secondary N) is 1. The lowest BCUT2D eigenvalue weighted by molar-refractivity contribution is 0.366. The number of primary sulfonamides is 1. The fourth-order valence-electron chi connectivity index (χ4n) is 2.59. The Morgan fingerprint density at radius 1 is 1.35 bits per heavy atom. The van der Waals surface area contributed by atoms with Crippen LogP contribution < -0.4 is 15.2 Å². The summed E-state index contributed by atoms with van der Waals surface area (Å²) in [5.41, 5.74) is 1.61. The van der Waals surface area contributed by atoms with Gasteiger partial charge < -0.3 is 10.1 Å². The van der Waals surface area contributed by atoms with Gasteiger partial charge in [-0.05, 0) is 36.5 Å². The van der Waals surface area contributed by atoms with Gasteiger partial charge in [-0.2, -0.15) is 0 Å². The summed E-state index contributed by atoms with van der Waals surface area (Å²) in [5.74, 6) is 1.89. The van der Waals surface area contributed by atoms with Gasteiger partial charge in [-0.15, -0.1) is 0 Å². The molecule has 1 aliphatic rings. The van der Waals surface area contributed by atoms with Crippen LogP contribution in [0.25, 0.3) is 0 Å². The van der Waals surface area contributed by atoms with Gasteiger partial charge in [0, 0.05) is 6.54 Å². The largest absolute Gasteiger partial charge is 0.485 e. The molecule has 1 aromatic rings. The molecule has 128 valence electrons. The van der Waals surface area contributed by atoms with Crippen LogP contribution >= 0.6 is 0 Å². The fraction of sp³-hybridized carbons (Fsp3) is 0.562. The highest BCUT2D eigenvalue weighted by atomic mass is 32.2. The zero-order valence-electron chi connectivity index (χ0n) is 13.9. The minimum absolute atomic E-state index is 0.359. The highest BCUT2D eigenvalue weighted by Gasteiger charge is 2.23. The average Bonchev–Trinajstić information content (AvgIpc) is 2.97. The number of benzene rings is 1. The minimum Gasteiger partial charge on any atom is -0.485 e. The zero-order chi connectivity index (χ0) is 17.0. The van der Waals surface area contributed by atoms with E-state index in [1.165, 1.54) is 0 Å². The van der Waals surface area contributed by atoms with E-state index in [1.807, 2.05) is 12.1 Å². The van der Waals surface area contributed by atoms with Crippen LogP contribution in [0.5, 0.6) is 5.75 Å². The van der Waals surface area contributed by atoms with E-state index < -0.39 is 15.3 Å². The lowest BCUT2D eigenvalue weighted by atomic mass is 9.95. The number of amidine groups is 1. The van der Waals surface area contributed by atoms with Crippen molar-refractivity contribution < 1.29 is 13.2 Å². The number of rotatable bonds is 7. The third kappa shape index (κ3) is 4.68. The smallest absolute Gasteiger partial charge is 0.215 e. The molecule has 0 saturated carbocycles. The van der Waals surface area contributed by atoms with Gasteiger partial charge in [0.15, 0.2) is 0 Å². The molecule has 0 aliphatic carbocycles. The highest BCUT2D eigenvalue weighted by Crippen LogP contribution is 2.32. The Hall–Kier alpha value is -1.60. The summed E-state index contributed by atoms with van der Waals surface area (Å²) in [6, 6.07) is 5.48. The number of aliphatic imine (C=N–C) groups is 1. The van der Waals surface area contributed by atoms with Gasteiger partial charge in [0.1, 0.15) is 18.2 Å². The topological polar surface area (TPSA) is 93.8 Å². The molecule has 23 heavy (non-hydrogen) atoms. The van der Waals surface area contributed by atoms with E-state index in [0.717, 1.165) is 30.9 Å². The van der Waals surface area contributed by atoms with Crippen molar-refractivity contribution in [2.45, 2.75) is 32.4 Å². The Morgan fingerprint density at radius 2 is 2.09 bits per heavy atom. The van der Waals surface area contributed by atoms with E-state index in [9.17, 15) is 8.42 Å². The molecule has 0 bridgehead atoms. The maximum absolute atomic E-state index is 11.8. The highest BCUT2D eigenvalue weighted by molar-refractivity contribution is 7.89. The molecule has 0 radical (unpaired) electrons. The van der Waals surface area contributed by atoms with E-state index in [4.69, 9.17) is 9.88 Å².